The number of hydrogen-bond donors (Lipinski definition) is 2. The molecule has 0 saturated carbocycles. The molecule has 5 heteroatoms. The number of guanidine groups is 1. The van der Waals surface area contributed by atoms with E-state index in [-0.39, 0.29) is 0 Å². The SMILES string of the molecule is C#CCNC(=NCc1ccc(OC)cc1)NCCCOCC. The van der Waals surface area contributed by atoms with Gasteiger partial charge in [0.15, 0.2) is 5.96 Å². The molecule has 0 amide bonds. The standard InChI is InChI=1S/C17H25N3O2/c1-4-11-18-17(19-12-6-13-22-5-2)20-14-15-7-9-16(21-3)10-8-15/h1,7-10H,5-6,11-14H2,2-3H3,(H2,18,19,20). The van der Waals surface area contributed by atoms with Gasteiger partial charge in [-0.1, -0.05) is 18.1 Å². The third-order valence-corrected chi connectivity index (χ3v) is 2.90. The minimum absolute atomic E-state index is 0.444. The average molecular weight is 303 g/mol. The highest BCUT2D eigenvalue weighted by Crippen LogP contribution is 2.11. The van der Waals surface area contributed by atoms with Crippen molar-refractivity contribution in [3.8, 4) is 18.1 Å². The minimum atomic E-state index is 0.444. The van der Waals surface area contributed by atoms with E-state index in [0.29, 0.717) is 19.0 Å². The maximum atomic E-state index is 5.30. The molecule has 2 N–H and O–H groups in total. The van der Waals surface area contributed by atoms with Crippen LogP contribution in [0.3, 0.4) is 0 Å². The van der Waals surface area contributed by atoms with Gasteiger partial charge in [0.05, 0.1) is 20.2 Å². The van der Waals surface area contributed by atoms with Crippen molar-refractivity contribution in [2.24, 2.45) is 4.99 Å². The van der Waals surface area contributed by atoms with E-state index in [1.165, 1.54) is 0 Å². The first-order chi connectivity index (χ1) is 10.8. The normalized spacial score (nSPS) is 10.9. The molecule has 0 atom stereocenters. The van der Waals surface area contributed by atoms with Crippen molar-refractivity contribution in [3.05, 3.63) is 29.8 Å². The van der Waals surface area contributed by atoms with Gasteiger partial charge in [-0.25, -0.2) is 4.99 Å². The van der Waals surface area contributed by atoms with Crippen molar-refractivity contribution in [1.82, 2.24) is 10.6 Å². The van der Waals surface area contributed by atoms with Gasteiger partial charge in [0.2, 0.25) is 0 Å². The number of terminal acetylenes is 1. The van der Waals surface area contributed by atoms with E-state index in [0.717, 1.165) is 37.5 Å². The van der Waals surface area contributed by atoms with Crippen molar-refractivity contribution in [3.63, 3.8) is 0 Å². The summed E-state index contributed by atoms with van der Waals surface area (Å²) in [6, 6.07) is 7.84. The van der Waals surface area contributed by atoms with Gasteiger partial charge in [0, 0.05) is 19.8 Å². The molecule has 0 aliphatic rings. The average Bonchev–Trinajstić information content (AvgIpc) is 2.57. The largest absolute Gasteiger partial charge is 0.497 e. The molecule has 0 saturated heterocycles. The van der Waals surface area contributed by atoms with Crippen molar-refractivity contribution in [2.45, 2.75) is 19.9 Å². The number of benzene rings is 1. The number of hydrogen-bond acceptors (Lipinski definition) is 3. The molecule has 120 valence electrons. The van der Waals surface area contributed by atoms with E-state index >= 15 is 0 Å². The zero-order valence-electron chi connectivity index (χ0n) is 13.4. The Hall–Kier alpha value is -2.19. The molecule has 22 heavy (non-hydrogen) atoms. The molecular weight excluding hydrogens is 278 g/mol. The summed E-state index contributed by atoms with van der Waals surface area (Å²) in [5, 5.41) is 6.34. The van der Waals surface area contributed by atoms with E-state index in [1.807, 2.05) is 31.2 Å². The summed E-state index contributed by atoms with van der Waals surface area (Å²) in [6.45, 7) is 5.29. The van der Waals surface area contributed by atoms with E-state index in [1.54, 1.807) is 7.11 Å². The summed E-state index contributed by atoms with van der Waals surface area (Å²) in [5.74, 6) is 4.10. The van der Waals surface area contributed by atoms with Gasteiger partial charge in [0.25, 0.3) is 0 Å². The lowest BCUT2D eigenvalue weighted by atomic mass is 10.2. The topological polar surface area (TPSA) is 54.9 Å². The fourth-order valence-electron chi connectivity index (χ4n) is 1.74. The summed E-state index contributed by atoms with van der Waals surface area (Å²) in [6.07, 6.45) is 6.20. The molecule has 0 aliphatic carbocycles. The van der Waals surface area contributed by atoms with Gasteiger partial charge in [-0.3, -0.25) is 0 Å². The van der Waals surface area contributed by atoms with Gasteiger partial charge in [-0.2, -0.15) is 0 Å². The molecule has 0 aromatic heterocycles. The van der Waals surface area contributed by atoms with Crippen molar-refractivity contribution in [1.29, 1.82) is 0 Å². The summed E-state index contributed by atoms with van der Waals surface area (Å²) < 4.78 is 10.4. The quantitative estimate of drug-likeness (QED) is 0.316. The second-order valence-electron chi connectivity index (χ2n) is 4.55. The van der Waals surface area contributed by atoms with Crippen LogP contribution in [0.15, 0.2) is 29.3 Å². The van der Waals surface area contributed by atoms with E-state index in [9.17, 15) is 0 Å². The Morgan fingerprint density at radius 3 is 2.68 bits per heavy atom. The Morgan fingerprint density at radius 1 is 1.27 bits per heavy atom. The van der Waals surface area contributed by atoms with Gasteiger partial charge >= 0.3 is 0 Å². The monoisotopic (exact) mass is 303 g/mol. The third kappa shape index (κ3) is 7.55. The molecule has 0 unspecified atom stereocenters. The molecule has 1 aromatic carbocycles. The summed E-state index contributed by atoms with van der Waals surface area (Å²) in [4.78, 5) is 4.52. The highest BCUT2D eigenvalue weighted by Gasteiger charge is 1.98. The number of methoxy groups -OCH3 is 1. The van der Waals surface area contributed by atoms with Gasteiger partial charge in [-0.05, 0) is 31.0 Å². The Balaban J connectivity index is 2.48. The molecule has 1 rings (SSSR count). The number of ether oxygens (including phenoxy) is 2. The van der Waals surface area contributed by atoms with E-state index in [2.05, 4.69) is 21.5 Å². The van der Waals surface area contributed by atoms with Gasteiger partial charge in [0.1, 0.15) is 5.75 Å². The molecular formula is C17H25N3O2. The molecule has 1 aromatic rings. The second-order valence-corrected chi connectivity index (χ2v) is 4.55. The minimum Gasteiger partial charge on any atom is -0.497 e. The lowest BCUT2D eigenvalue weighted by Gasteiger charge is -2.11. The molecule has 0 fully saturated rings. The maximum Gasteiger partial charge on any atom is 0.192 e. The summed E-state index contributed by atoms with van der Waals surface area (Å²) in [7, 11) is 1.65. The van der Waals surface area contributed by atoms with Crippen LogP contribution < -0.4 is 15.4 Å². The molecule has 0 radical (unpaired) electrons. The number of nitrogens with zero attached hydrogens (tertiary/aromatic N) is 1. The smallest absolute Gasteiger partial charge is 0.192 e. The van der Waals surface area contributed by atoms with Crippen LogP contribution in [0.1, 0.15) is 18.9 Å². The van der Waals surface area contributed by atoms with Crippen LogP contribution in [0.25, 0.3) is 0 Å². The molecule has 0 aliphatic heterocycles. The molecule has 0 bridgehead atoms. The molecule has 0 heterocycles. The van der Waals surface area contributed by atoms with Crippen LogP contribution >= 0.6 is 0 Å². The lowest BCUT2D eigenvalue weighted by Crippen LogP contribution is -2.38. The highest BCUT2D eigenvalue weighted by atomic mass is 16.5. The Labute approximate surface area is 133 Å². The Bertz CT molecular complexity index is 478. The number of aliphatic imine (C=N–C) groups is 1. The van der Waals surface area contributed by atoms with Gasteiger partial charge < -0.3 is 20.1 Å². The number of rotatable bonds is 9. The first-order valence-electron chi connectivity index (χ1n) is 7.46. The van der Waals surface area contributed by atoms with E-state index in [4.69, 9.17) is 15.9 Å². The van der Waals surface area contributed by atoms with Crippen LogP contribution in [-0.2, 0) is 11.3 Å². The van der Waals surface area contributed by atoms with Crippen LogP contribution in [0.4, 0.5) is 0 Å². The predicted octanol–water partition coefficient (Wildman–Crippen LogP) is 1.79. The van der Waals surface area contributed by atoms with E-state index < -0.39 is 0 Å². The third-order valence-electron chi connectivity index (χ3n) is 2.90. The summed E-state index contributed by atoms with van der Waals surface area (Å²) >= 11 is 0. The summed E-state index contributed by atoms with van der Waals surface area (Å²) in [5.41, 5.74) is 1.11. The fraction of sp³-hybridized carbons (Fsp3) is 0.471. The Morgan fingerprint density at radius 2 is 2.05 bits per heavy atom. The molecule has 5 nitrogen and oxygen atoms in total. The first-order valence-corrected chi connectivity index (χ1v) is 7.46. The fourth-order valence-corrected chi connectivity index (χ4v) is 1.74. The zero-order valence-corrected chi connectivity index (χ0v) is 13.4. The van der Waals surface area contributed by atoms with Crippen LogP contribution in [0, 0.1) is 12.3 Å². The van der Waals surface area contributed by atoms with Gasteiger partial charge in [-0.15, -0.1) is 6.42 Å². The highest BCUT2D eigenvalue weighted by molar-refractivity contribution is 5.80. The van der Waals surface area contributed by atoms with Crippen LogP contribution in [0.5, 0.6) is 5.75 Å². The second kappa shape index (κ2) is 11.5. The van der Waals surface area contributed by atoms with Crippen LogP contribution in [0.2, 0.25) is 0 Å². The molecule has 0 spiro atoms. The van der Waals surface area contributed by atoms with Crippen LogP contribution in [-0.4, -0.2) is 39.4 Å². The lowest BCUT2D eigenvalue weighted by molar-refractivity contribution is 0.145. The van der Waals surface area contributed by atoms with Crippen molar-refractivity contribution >= 4 is 5.96 Å². The Kier molecular flexibility index (Phi) is 9.31. The zero-order chi connectivity index (χ0) is 16.0. The first kappa shape index (κ1) is 17.9. The maximum absolute atomic E-state index is 5.30. The predicted molar refractivity (Wildman–Crippen MR) is 90.1 cm³/mol. The number of nitrogens with one attached hydrogen (secondary N) is 2. The van der Waals surface area contributed by atoms with Crippen molar-refractivity contribution in [2.75, 3.05) is 33.4 Å². The van der Waals surface area contributed by atoms with Crippen molar-refractivity contribution < 1.29 is 9.47 Å².